The van der Waals surface area contributed by atoms with Gasteiger partial charge in [-0.2, -0.15) is 4.39 Å². The lowest BCUT2D eigenvalue weighted by Gasteiger charge is -1.88. The Hall–Kier alpha value is -0.480. The number of aliphatic imine (C=N–C) groups is 1. The predicted molar refractivity (Wildman–Crippen MR) is 43.3 cm³/mol. The highest BCUT2D eigenvalue weighted by atomic mass is 127. The van der Waals surface area contributed by atoms with Crippen LogP contribution in [-0.2, 0) is 0 Å². The van der Waals surface area contributed by atoms with E-state index in [0.29, 0.717) is 0 Å². The maximum atomic E-state index is 12.5. The molecule has 4 heteroatoms. The van der Waals surface area contributed by atoms with Crippen molar-refractivity contribution in [2.45, 2.75) is 0 Å². The van der Waals surface area contributed by atoms with Crippen LogP contribution in [0.2, 0.25) is 0 Å². The zero-order valence-corrected chi connectivity index (χ0v) is 6.89. The van der Waals surface area contributed by atoms with Gasteiger partial charge in [0, 0.05) is 12.1 Å². The molecule has 0 N–H and O–H groups in total. The Kier molecular flexibility index (Phi) is 2.34. The molecule has 1 nitrogen and oxygen atoms in total. The molecule has 0 atom stereocenters. The highest BCUT2D eigenvalue weighted by Gasteiger charge is 2.07. The van der Waals surface area contributed by atoms with E-state index in [1.807, 2.05) is 5.87 Å². The summed E-state index contributed by atoms with van der Waals surface area (Å²) in [5.74, 6) is -0.0762. The molecule has 0 saturated carbocycles. The third-order valence-corrected chi connectivity index (χ3v) is 1.69. The van der Waals surface area contributed by atoms with Gasteiger partial charge in [0.05, 0.1) is 3.58 Å². The second kappa shape index (κ2) is 3.07. The normalized spacial score (nSPS) is 17.3. The van der Waals surface area contributed by atoms with Crippen molar-refractivity contribution in [1.82, 2.24) is 0 Å². The van der Waals surface area contributed by atoms with Crippen LogP contribution in [-0.4, -0.2) is 5.87 Å². The van der Waals surface area contributed by atoms with Crippen LogP contribution in [0.1, 0.15) is 0 Å². The molecule has 1 aliphatic heterocycles. The number of hydrogen-bond donors (Lipinski definition) is 0. The molecule has 0 aliphatic carbocycles. The van der Waals surface area contributed by atoms with Crippen molar-refractivity contribution in [3.63, 3.8) is 0 Å². The minimum Gasteiger partial charge on any atom is -0.211 e. The summed E-state index contributed by atoms with van der Waals surface area (Å²) in [5.41, 5.74) is 0. The van der Waals surface area contributed by atoms with Gasteiger partial charge in [-0.3, -0.25) is 0 Å². The van der Waals surface area contributed by atoms with Gasteiger partial charge in [-0.05, 0) is 28.7 Å². The largest absolute Gasteiger partial charge is 0.220 e. The first-order chi connectivity index (χ1) is 4.72. The zero-order valence-electron chi connectivity index (χ0n) is 4.74. The van der Waals surface area contributed by atoms with Crippen LogP contribution in [0.15, 0.2) is 32.5 Å². The lowest BCUT2D eigenvalue weighted by atomic mass is 10.4. The van der Waals surface area contributed by atoms with Crippen molar-refractivity contribution in [3.05, 3.63) is 27.5 Å². The zero-order chi connectivity index (χ0) is 7.56. The summed E-state index contributed by atoms with van der Waals surface area (Å²) in [5, 5.41) is 0. The molecule has 0 aromatic rings. The number of nitrogens with zero attached hydrogens (tertiary/aromatic N) is 1. The summed E-state index contributed by atoms with van der Waals surface area (Å²) < 4.78 is 25.0. The van der Waals surface area contributed by atoms with Crippen molar-refractivity contribution in [1.29, 1.82) is 0 Å². The van der Waals surface area contributed by atoms with Gasteiger partial charge in [0.2, 0.25) is 5.83 Å². The lowest BCUT2D eigenvalue weighted by Crippen LogP contribution is -1.76. The fourth-order valence-corrected chi connectivity index (χ4v) is 0.821. The fraction of sp³-hybridized carbons (Fsp3) is 0. The van der Waals surface area contributed by atoms with Gasteiger partial charge in [-0.1, -0.05) is 0 Å². The highest BCUT2D eigenvalue weighted by Crippen LogP contribution is 2.22. The third kappa shape index (κ3) is 1.52. The molecule has 10 heavy (non-hydrogen) atoms. The van der Waals surface area contributed by atoms with Crippen LogP contribution < -0.4 is 0 Å². The monoisotopic (exact) mass is 253 g/mol. The fourth-order valence-electron chi connectivity index (χ4n) is 0.424. The van der Waals surface area contributed by atoms with Gasteiger partial charge >= 0.3 is 0 Å². The Morgan fingerprint density at radius 1 is 1.50 bits per heavy atom. The Morgan fingerprint density at radius 2 is 2.20 bits per heavy atom. The summed E-state index contributed by atoms with van der Waals surface area (Å²) in [6, 6.07) is 0. The molecule has 52 valence electrons. The first kappa shape index (κ1) is 7.63. The SMILES string of the molecule is FC1=C=NC=CC(I)=C1F. The Balaban J connectivity index is 3.18. The van der Waals surface area contributed by atoms with Crippen LogP contribution >= 0.6 is 22.6 Å². The highest BCUT2D eigenvalue weighted by molar-refractivity contribution is 14.1. The van der Waals surface area contributed by atoms with E-state index < -0.39 is 11.7 Å². The van der Waals surface area contributed by atoms with Gasteiger partial charge in [0.15, 0.2) is 5.83 Å². The Morgan fingerprint density at radius 3 is 2.90 bits per heavy atom. The van der Waals surface area contributed by atoms with E-state index >= 15 is 0 Å². The maximum absolute atomic E-state index is 12.5. The minimum atomic E-state index is -1.05. The van der Waals surface area contributed by atoms with E-state index in [4.69, 9.17) is 0 Å². The molecule has 0 spiro atoms. The van der Waals surface area contributed by atoms with E-state index in [2.05, 4.69) is 4.99 Å². The molecule has 0 radical (unpaired) electrons. The molecule has 1 heterocycles. The van der Waals surface area contributed by atoms with Crippen LogP contribution in [0, 0.1) is 0 Å². The summed E-state index contributed by atoms with van der Waals surface area (Å²) >= 11 is 1.68. The minimum absolute atomic E-state index is 0.198. The predicted octanol–water partition coefficient (Wildman–Crippen LogP) is 2.65. The molecular weight excluding hydrogens is 251 g/mol. The number of hydrogen-bond acceptors (Lipinski definition) is 1. The summed E-state index contributed by atoms with van der Waals surface area (Å²) in [7, 11) is 0. The Bertz CT molecular complexity index is 271. The molecule has 0 bridgehead atoms. The molecule has 0 fully saturated rings. The molecule has 0 saturated heterocycles. The standard InChI is InChI=1S/C6H2F2IN/c7-4-3-10-2-1-5(9)6(4)8/h1-2H. The number of rotatable bonds is 0. The molecule has 0 aromatic heterocycles. The second-order valence-corrected chi connectivity index (χ2v) is 2.69. The van der Waals surface area contributed by atoms with Crippen LogP contribution in [0.25, 0.3) is 0 Å². The van der Waals surface area contributed by atoms with Crippen LogP contribution in [0.5, 0.6) is 0 Å². The summed E-state index contributed by atoms with van der Waals surface area (Å²) in [6.45, 7) is 0. The second-order valence-electron chi connectivity index (χ2n) is 1.53. The molecule has 1 rings (SSSR count). The van der Waals surface area contributed by atoms with Gasteiger partial charge in [-0.25, -0.2) is 9.38 Å². The van der Waals surface area contributed by atoms with Crippen LogP contribution in [0.4, 0.5) is 8.78 Å². The van der Waals surface area contributed by atoms with Gasteiger partial charge in [0.25, 0.3) is 0 Å². The first-order valence-electron chi connectivity index (χ1n) is 2.42. The third-order valence-electron chi connectivity index (χ3n) is 0.860. The molecule has 0 aromatic carbocycles. The molecule has 1 aliphatic rings. The van der Waals surface area contributed by atoms with Crippen molar-refractivity contribution in [2.24, 2.45) is 4.99 Å². The first-order valence-corrected chi connectivity index (χ1v) is 3.50. The van der Waals surface area contributed by atoms with Crippen LogP contribution in [0.3, 0.4) is 0 Å². The van der Waals surface area contributed by atoms with E-state index in [9.17, 15) is 8.78 Å². The number of halogens is 3. The lowest BCUT2D eigenvalue weighted by molar-refractivity contribution is 0.553. The quantitative estimate of drug-likeness (QED) is 0.588. The average Bonchev–Trinajstić information content (AvgIpc) is 2.04. The maximum Gasteiger partial charge on any atom is 0.220 e. The number of allylic oxidation sites excluding steroid dienone is 4. The van der Waals surface area contributed by atoms with Gasteiger partial charge in [0.1, 0.15) is 0 Å². The van der Waals surface area contributed by atoms with E-state index in [1.165, 1.54) is 12.3 Å². The Labute approximate surface area is 70.0 Å². The van der Waals surface area contributed by atoms with E-state index in [0.717, 1.165) is 0 Å². The van der Waals surface area contributed by atoms with E-state index in [-0.39, 0.29) is 3.58 Å². The summed E-state index contributed by atoms with van der Waals surface area (Å²) in [6.07, 6.45) is 2.66. The van der Waals surface area contributed by atoms with Crippen molar-refractivity contribution in [2.75, 3.05) is 0 Å². The van der Waals surface area contributed by atoms with Crippen molar-refractivity contribution < 1.29 is 8.78 Å². The molecule has 0 amide bonds. The van der Waals surface area contributed by atoms with Gasteiger partial charge in [-0.15, -0.1) is 0 Å². The van der Waals surface area contributed by atoms with Crippen molar-refractivity contribution in [3.8, 4) is 0 Å². The van der Waals surface area contributed by atoms with E-state index in [1.54, 1.807) is 22.6 Å². The topological polar surface area (TPSA) is 12.4 Å². The average molecular weight is 253 g/mol. The smallest absolute Gasteiger partial charge is 0.211 e. The molecular formula is C6H2F2IN. The summed E-state index contributed by atoms with van der Waals surface area (Å²) in [4.78, 5) is 3.32. The molecule has 0 unspecified atom stereocenters. The van der Waals surface area contributed by atoms with Gasteiger partial charge < -0.3 is 0 Å². The van der Waals surface area contributed by atoms with Crippen molar-refractivity contribution >= 4 is 28.5 Å².